The Balaban J connectivity index is 1.58. The Hall–Kier alpha value is -1.63. The molecule has 6 heteroatoms. The molecule has 1 aromatic rings. The molecule has 2 aliphatic rings. The molecule has 138 valence electrons. The number of morpholine rings is 1. The Morgan fingerprint density at radius 3 is 2.64 bits per heavy atom. The minimum absolute atomic E-state index is 0.0415. The van der Waals surface area contributed by atoms with Crippen molar-refractivity contribution in [3.8, 4) is 5.75 Å². The summed E-state index contributed by atoms with van der Waals surface area (Å²) in [5, 5.41) is 3.11. The molecule has 2 fully saturated rings. The van der Waals surface area contributed by atoms with Crippen LogP contribution >= 0.6 is 0 Å². The van der Waals surface area contributed by atoms with E-state index >= 15 is 0 Å². The van der Waals surface area contributed by atoms with Gasteiger partial charge in [-0.25, -0.2) is 0 Å². The number of ether oxygens (including phenoxy) is 3. The molecular formula is C19H28N2O4. The first-order valence-corrected chi connectivity index (χ1v) is 9.18. The molecule has 0 aliphatic carbocycles. The van der Waals surface area contributed by atoms with Crippen LogP contribution in [0.2, 0.25) is 0 Å². The predicted molar refractivity (Wildman–Crippen MR) is 95.1 cm³/mol. The lowest BCUT2D eigenvalue weighted by atomic mass is 9.96. The molecule has 2 heterocycles. The highest BCUT2D eigenvalue weighted by molar-refractivity contribution is 5.94. The number of hydrogen-bond donors (Lipinski definition) is 1. The standard InChI is InChI=1S/C19H28N2O4/c1-2-25-17-5-3-15(4-6-17)19(22)20-13-18(16-7-10-24-14-16)21-8-11-23-12-9-21/h3-6,16,18H,2,7-14H2,1H3,(H,20,22). The lowest BCUT2D eigenvalue weighted by Crippen LogP contribution is -2.52. The molecule has 6 nitrogen and oxygen atoms in total. The molecule has 2 atom stereocenters. The van der Waals surface area contributed by atoms with Crippen LogP contribution in [0.1, 0.15) is 23.7 Å². The molecule has 3 rings (SSSR count). The fourth-order valence-corrected chi connectivity index (χ4v) is 3.53. The van der Waals surface area contributed by atoms with Crippen molar-refractivity contribution in [1.29, 1.82) is 0 Å². The lowest BCUT2D eigenvalue weighted by Gasteiger charge is -2.37. The summed E-state index contributed by atoms with van der Waals surface area (Å²) < 4.78 is 16.5. The summed E-state index contributed by atoms with van der Waals surface area (Å²) in [7, 11) is 0. The molecule has 0 radical (unpaired) electrons. The van der Waals surface area contributed by atoms with Crippen LogP contribution in [0.25, 0.3) is 0 Å². The number of carbonyl (C=O) groups is 1. The summed E-state index contributed by atoms with van der Waals surface area (Å²) in [6, 6.07) is 7.59. The SMILES string of the molecule is CCOc1ccc(C(=O)NCC(C2CCOC2)N2CCOCC2)cc1. The number of nitrogens with zero attached hydrogens (tertiary/aromatic N) is 1. The summed E-state index contributed by atoms with van der Waals surface area (Å²) in [5.41, 5.74) is 0.659. The van der Waals surface area contributed by atoms with Gasteiger partial charge in [-0.1, -0.05) is 0 Å². The van der Waals surface area contributed by atoms with Gasteiger partial charge in [0.2, 0.25) is 0 Å². The van der Waals surface area contributed by atoms with Gasteiger partial charge in [-0.3, -0.25) is 9.69 Å². The van der Waals surface area contributed by atoms with E-state index in [0.717, 1.165) is 51.7 Å². The number of rotatable bonds is 7. The van der Waals surface area contributed by atoms with E-state index in [2.05, 4.69) is 10.2 Å². The summed E-state index contributed by atoms with van der Waals surface area (Å²) in [5.74, 6) is 1.22. The van der Waals surface area contributed by atoms with Gasteiger partial charge in [-0.2, -0.15) is 0 Å². The van der Waals surface area contributed by atoms with E-state index in [4.69, 9.17) is 14.2 Å². The van der Waals surface area contributed by atoms with E-state index in [-0.39, 0.29) is 5.91 Å². The maximum absolute atomic E-state index is 12.5. The number of hydrogen-bond acceptors (Lipinski definition) is 5. The van der Waals surface area contributed by atoms with Crippen LogP contribution in [-0.2, 0) is 9.47 Å². The zero-order valence-electron chi connectivity index (χ0n) is 14.9. The second kappa shape index (κ2) is 9.17. The average Bonchev–Trinajstić information content (AvgIpc) is 3.18. The minimum Gasteiger partial charge on any atom is -0.494 e. The second-order valence-electron chi connectivity index (χ2n) is 6.51. The first-order chi connectivity index (χ1) is 12.3. The normalized spacial score (nSPS) is 22.5. The van der Waals surface area contributed by atoms with E-state index < -0.39 is 0 Å². The van der Waals surface area contributed by atoms with Crippen LogP contribution in [-0.4, -0.2) is 69.5 Å². The summed E-state index contributed by atoms with van der Waals surface area (Å²) in [4.78, 5) is 14.9. The van der Waals surface area contributed by atoms with E-state index in [1.54, 1.807) is 0 Å². The third-order valence-electron chi connectivity index (χ3n) is 4.92. The second-order valence-corrected chi connectivity index (χ2v) is 6.51. The monoisotopic (exact) mass is 348 g/mol. The highest BCUT2D eigenvalue weighted by Gasteiger charge is 2.31. The highest BCUT2D eigenvalue weighted by atomic mass is 16.5. The van der Waals surface area contributed by atoms with Gasteiger partial charge < -0.3 is 19.5 Å². The largest absolute Gasteiger partial charge is 0.494 e. The van der Waals surface area contributed by atoms with Crippen molar-refractivity contribution in [1.82, 2.24) is 10.2 Å². The van der Waals surface area contributed by atoms with Crippen LogP contribution in [0, 0.1) is 5.92 Å². The molecule has 1 aromatic carbocycles. The van der Waals surface area contributed by atoms with Crippen molar-refractivity contribution in [3.63, 3.8) is 0 Å². The highest BCUT2D eigenvalue weighted by Crippen LogP contribution is 2.22. The fourth-order valence-electron chi connectivity index (χ4n) is 3.53. The predicted octanol–water partition coefficient (Wildman–Crippen LogP) is 1.55. The summed E-state index contributed by atoms with van der Waals surface area (Å²) in [6.45, 7) is 8.16. The van der Waals surface area contributed by atoms with Crippen molar-refractivity contribution < 1.29 is 19.0 Å². The Labute approximate surface area is 149 Å². The van der Waals surface area contributed by atoms with Crippen molar-refractivity contribution in [2.45, 2.75) is 19.4 Å². The molecule has 2 aliphatic heterocycles. The van der Waals surface area contributed by atoms with Gasteiger partial charge in [0.1, 0.15) is 5.75 Å². The van der Waals surface area contributed by atoms with Gasteiger partial charge in [0.25, 0.3) is 5.91 Å². The maximum atomic E-state index is 12.5. The van der Waals surface area contributed by atoms with Gasteiger partial charge in [-0.15, -0.1) is 0 Å². The van der Waals surface area contributed by atoms with E-state index in [0.29, 0.717) is 30.7 Å². The number of nitrogens with one attached hydrogen (secondary N) is 1. The quantitative estimate of drug-likeness (QED) is 0.810. The van der Waals surface area contributed by atoms with Crippen LogP contribution in [0.4, 0.5) is 0 Å². The summed E-state index contributed by atoms with van der Waals surface area (Å²) in [6.07, 6.45) is 1.06. The van der Waals surface area contributed by atoms with Crippen LogP contribution < -0.4 is 10.1 Å². The van der Waals surface area contributed by atoms with E-state index in [9.17, 15) is 4.79 Å². The molecule has 1 amide bonds. The van der Waals surface area contributed by atoms with Gasteiger partial charge >= 0.3 is 0 Å². The molecule has 0 bridgehead atoms. The first-order valence-electron chi connectivity index (χ1n) is 9.18. The van der Waals surface area contributed by atoms with Crippen molar-refractivity contribution in [2.75, 3.05) is 52.7 Å². The third kappa shape index (κ3) is 4.93. The number of carbonyl (C=O) groups excluding carboxylic acids is 1. The molecule has 0 saturated carbocycles. The first kappa shape index (κ1) is 18.2. The molecule has 2 unspecified atom stereocenters. The van der Waals surface area contributed by atoms with Crippen molar-refractivity contribution in [3.05, 3.63) is 29.8 Å². The molecule has 0 spiro atoms. The number of amides is 1. The van der Waals surface area contributed by atoms with E-state index in [1.165, 1.54) is 0 Å². The molecule has 0 aromatic heterocycles. The van der Waals surface area contributed by atoms with Crippen LogP contribution in [0.3, 0.4) is 0 Å². The van der Waals surface area contributed by atoms with Crippen molar-refractivity contribution >= 4 is 5.91 Å². The average molecular weight is 348 g/mol. The third-order valence-corrected chi connectivity index (χ3v) is 4.92. The molecule has 1 N–H and O–H groups in total. The summed E-state index contributed by atoms with van der Waals surface area (Å²) >= 11 is 0. The Bertz CT molecular complexity index is 537. The maximum Gasteiger partial charge on any atom is 0.251 e. The topological polar surface area (TPSA) is 60.0 Å². The van der Waals surface area contributed by atoms with Crippen LogP contribution in [0.15, 0.2) is 24.3 Å². The zero-order valence-corrected chi connectivity index (χ0v) is 14.9. The number of benzene rings is 1. The molecule has 25 heavy (non-hydrogen) atoms. The van der Waals surface area contributed by atoms with Crippen LogP contribution in [0.5, 0.6) is 5.75 Å². The van der Waals surface area contributed by atoms with Gasteiger partial charge in [0.05, 0.1) is 26.4 Å². The van der Waals surface area contributed by atoms with E-state index in [1.807, 2.05) is 31.2 Å². The Kier molecular flexibility index (Phi) is 6.67. The van der Waals surface area contributed by atoms with Gasteiger partial charge in [0.15, 0.2) is 0 Å². The Morgan fingerprint density at radius 2 is 2.00 bits per heavy atom. The Morgan fingerprint density at radius 1 is 1.24 bits per heavy atom. The fraction of sp³-hybridized carbons (Fsp3) is 0.632. The van der Waals surface area contributed by atoms with Crippen molar-refractivity contribution in [2.24, 2.45) is 5.92 Å². The molecule has 2 saturated heterocycles. The lowest BCUT2D eigenvalue weighted by molar-refractivity contribution is 0.00166. The molecular weight excluding hydrogens is 320 g/mol. The zero-order chi connectivity index (χ0) is 17.5. The van der Waals surface area contributed by atoms with Gasteiger partial charge in [0, 0.05) is 43.8 Å². The minimum atomic E-state index is -0.0415. The van der Waals surface area contributed by atoms with Gasteiger partial charge in [-0.05, 0) is 37.6 Å². The smallest absolute Gasteiger partial charge is 0.251 e.